The molecule has 0 atom stereocenters. The number of nitrogens with zero attached hydrogens (tertiary/aromatic N) is 5. The monoisotopic (exact) mass is 427 g/mol. The largest absolute Gasteiger partial charge is 0.417 e. The minimum Gasteiger partial charge on any atom is -0.355 e. The number of anilines is 1. The van der Waals surface area contributed by atoms with E-state index in [0.717, 1.165) is 18.7 Å². The van der Waals surface area contributed by atoms with E-state index in [9.17, 15) is 22.8 Å². The van der Waals surface area contributed by atoms with E-state index in [-0.39, 0.29) is 17.9 Å². The molecule has 0 radical (unpaired) electrons. The van der Waals surface area contributed by atoms with Gasteiger partial charge in [0.05, 0.1) is 5.56 Å². The number of carbonyl (C=O) groups excluding carboxylic acids is 2. The van der Waals surface area contributed by atoms with E-state index in [1.165, 1.54) is 6.07 Å². The minimum atomic E-state index is -4.40. The van der Waals surface area contributed by atoms with Crippen LogP contribution in [0.3, 0.4) is 0 Å². The van der Waals surface area contributed by atoms with Crippen molar-refractivity contribution in [3.63, 3.8) is 0 Å². The molecule has 0 bridgehead atoms. The highest BCUT2D eigenvalue weighted by Gasteiger charge is 2.32. The fourth-order valence-electron chi connectivity index (χ4n) is 3.97. The number of urea groups is 1. The lowest BCUT2D eigenvalue weighted by atomic mass is 9.95. The van der Waals surface area contributed by atoms with Gasteiger partial charge in [0.25, 0.3) is 0 Å². The number of rotatable bonds is 2. The summed E-state index contributed by atoms with van der Waals surface area (Å²) < 4.78 is 38.2. The van der Waals surface area contributed by atoms with Crippen LogP contribution < -0.4 is 4.90 Å². The number of alkyl halides is 3. The second kappa shape index (κ2) is 9.09. The van der Waals surface area contributed by atoms with Crippen molar-refractivity contribution in [1.82, 2.24) is 19.7 Å². The Balaban J connectivity index is 1.54. The van der Waals surface area contributed by atoms with Gasteiger partial charge in [-0.3, -0.25) is 4.79 Å². The van der Waals surface area contributed by atoms with Crippen molar-refractivity contribution in [2.75, 3.05) is 58.3 Å². The van der Waals surface area contributed by atoms with Crippen LogP contribution in [0.15, 0.2) is 18.3 Å². The number of likely N-dealkylation sites (tertiary alicyclic amines) is 1. The van der Waals surface area contributed by atoms with Crippen molar-refractivity contribution in [2.24, 2.45) is 5.92 Å². The summed E-state index contributed by atoms with van der Waals surface area (Å²) in [5.41, 5.74) is -0.767. The summed E-state index contributed by atoms with van der Waals surface area (Å²) in [4.78, 5) is 36.1. The predicted octanol–water partition coefficient (Wildman–Crippen LogP) is 2.53. The Morgan fingerprint density at radius 3 is 2.27 bits per heavy atom. The fraction of sp³-hybridized carbons (Fsp3) is 0.650. The summed E-state index contributed by atoms with van der Waals surface area (Å²) >= 11 is 0. The number of pyridine rings is 1. The summed E-state index contributed by atoms with van der Waals surface area (Å²) in [5, 5.41) is 0. The minimum absolute atomic E-state index is 0.0321. The van der Waals surface area contributed by atoms with E-state index in [1.54, 1.807) is 23.9 Å². The summed E-state index contributed by atoms with van der Waals surface area (Å²) in [5.74, 6) is 0.508. The normalized spacial score (nSPS) is 18.9. The molecule has 0 saturated carbocycles. The lowest BCUT2D eigenvalue weighted by molar-refractivity contribution is -0.138. The topological polar surface area (TPSA) is 60.0 Å². The number of piperidine rings is 1. The molecule has 0 aliphatic carbocycles. The van der Waals surface area contributed by atoms with Gasteiger partial charge in [0.1, 0.15) is 5.82 Å². The van der Waals surface area contributed by atoms with E-state index >= 15 is 0 Å². The third-order valence-electron chi connectivity index (χ3n) is 5.70. The molecule has 166 valence electrons. The molecule has 7 nitrogen and oxygen atoms in total. The number of halogens is 3. The van der Waals surface area contributed by atoms with E-state index in [2.05, 4.69) is 4.98 Å². The van der Waals surface area contributed by atoms with E-state index in [1.807, 2.05) is 9.80 Å². The molecule has 0 unspecified atom stereocenters. The van der Waals surface area contributed by atoms with E-state index in [0.29, 0.717) is 57.9 Å². The Morgan fingerprint density at radius 2 is 1.70 bits per heavy atom. The molecule has 2 aliphatic rings. The highest BCUT2D eigenvalue weighted by molar-refractivity contribution is 5.80. The van der Waals surface area contributed by atoms with Crippen LogP contribution in [0.25, 0.3) is 0 Å². The maximum absolute atomic E-state index is 13.0. The van der Waals surface area contributed by atoms with Gasteiger partial charge >= 0.3 is 12.2 Å². The van der Waals surface area contributed by atoms with Gasteiger partial charge in [0.15, 0.2) is 0 Å². The van der Waals surface area contributed by atoms with Crippen molar-refractivity contribution in [2.45, 2.75) is 25.4 Å². The lowest BCUT2D eigenvalue weighted by Crippen LogP contribution is -2.47. The van der Waals surface area contributed by atoms with Gasteiger partial charge in [-0.1, -0.05) is 0 Å². The van der Waals surface area contributed by atoms with Crippen molar-refractivity contribution >= 4 is 17.8 Å². The van der Waals surface area contributed by atoms with Crippen molar-refractivity contribution in [1.29, 1.82) is 0 Å². The second-order valence-electron chi connectivity index (χ2n) is 8.01. The molecule has 1 aromatic rings. The second-order valence-corrected chi connectivity index (χ2v) is 8.01. The molecule has 10 heteroatoms. The van der Waals surface area contributed by atoms with Crippen LogP contribution in [0.4, 0.5) is 23.8 Å². The number of hydrogen-bond acceptors (Lipinski definition) is 4. The number of aromatic nitrogens is 1. The van der Waals surface area contributed by atoms with Gasteiger partial charge < -0.3 is 19.6 Å². The molecule has 3 amide bonds. The van der Waals surface area contributed by atoms with Gasteiger partial charge in [-0.15, -0.1) is 0 Å². The Labute approximate surface area is 174 Å². The van der Waals surface area contributed by atoms with Gasteiger partial charge in [-0.2, -0.15) is 13.2 Å². The number of hydrogen-bond donors (Lipinski definition) is 0. The summed E-state index contributed by atoms with van der Waals surface area (Å²) in [7, 11) is 3.43. The lowest BCUT2D eigenvalue weighted by Gasteiger charge is -2.35. The Bertz CT molecular complexity index is 746. The van der Waals surface area contributed by atoms with Gasteiger partial charge in [0, 0.05) is 65.5 Å². The van der Waals surface area contributed by atoms with Crippen molar-refractivity contribution < 1.29 is 22.8 Å². The summed E-state index contributed by atoms with van der Waals surface area (Å²) in [6.07, 6.45) is -1.52. The first-order valence-electron chi connectivity index (χ1n) is 10.2. The maximum atomic E-state index is 13.0. The smallest absolute Gasteiger partial charge is 0.355 e. The van der Waals surface area contributed by atoms with Gasteiger partial charge in [0.2, 0.25) is 5.91 Å². The molecule has 0 spiro atoms. The average Bonchev–Trinajstić information content (AvgIpc) is 2.98. The molecule has 2 saturated heterocycles. The molecule has 2 fully saturated rings. The van der Waals surface area contributed by atoms with E-state index in [4.69, 9.17) is 0 Å². The number of carbonyl (C=O) groups is 2. The standard InChI is InChI=1S/C20H28F3N5O2/c1-25(2)19(30)28-10-6-15(7-11-28)18(29)27-9-3-8-26(12-13-27)17-5-4-16(14-24-17)20(21,22)23/h4-5,14-15H,3,6-13H2,1-2H3. The molecule has 1 aromatic heterocycles. The quantitative estimate of drug-likeness (QED) is 0.728. The zero-order valence-corrected chi connectivity index (χ0v) is 17.4. The third kappa shape index (κ3) is 5.14. The van der Waals surface area contributed by atoms with Crippen molar-refractivity contribution in [3.8, 4) is 0 Å². The molecule has 3 heterocycles. The van der Waals surface area contributed by atoms with Crippen LogP contribution in [-0.4, -0.2) is 85.0 Å². The Hall–Kier alpha value is -2.52. The van der Waals surface area contributed by atoms with Gasteiger partial charge in [-0.05, 0) is 31.4 Å². The molecule has 2 aliphatic heterocycles. The third-order valence-corrected chi connectivity index (χ3v) is 5.70. The Morgan fingerprint density at radius 1 is 1.00 bits per heavy atom. The first-order valence-corrected chi connectivity index (χ1v) is 10.2. The fourth-order valence-corrected chi connectivity index (χ4v) is 3.97. The Kier molecular flexibility index (Phi) is 6.72. The maximum Gasteiger partial charge on any atom is 0.417 e. The number of amides is 3. The summed E-state index contributed by atoms with van der Waals surface area (Å²) in [6.45, 7) is 3.44. The molecular formula is C20H28F3N5O2. The van der Waals surface area contributed by atoms with Crippen LogP contribution in [-0.2, 0) is 11.0 Å². The first kappa shape index (κ1) is 22.2. The van der Waals surface area contributed by atoms with E-state index < -0.39 is 11.7 Å². The van der Waals surface area contributed by atoms with Crippen LogP contribution in [0.1, 0.15) is 24.8 Å². The average molecular weight is 427 g/mol. The first-order chi connectivity index (χ1) is 14.2. The van der Waals surface area contributed by atoms with Crippen molar-refractivity contribution in [3.05, 3.63) is 23.9 Å². The predicted molar refractivity (Wildman–Crippen MR) is 106 cm³/mol. The highest BCUT2D eigenvalue weighted by atomic mass is 19.4. The van der Waals surface area contributed by atoms with Gasteiger partial charge in [-0.25, -0.2) is 9.78 Å². The molecule has 3 rings (SSSR count). The molecule has 30 heavy (non-hydrogen) atoms. The van der Waals surface area contributed by atoms with Crippen LogP contribution in [0.5, 0.6) is 0 Å². The zero-order chi connectivity index (χ0) is 21.9. The SMILES string of the molecule is CN(C)C(=O)N1CCC(C(=O)N2CCCN(c3ccc(C(F)(F)F)cn3)CC2)CC1. The van der Waals surface area contributed by atoms with Crippen LogP contribution >= 0.6 is 0 Å². The highest BCUT2D eigenvalue weighted by Crippen LogP contribution is 2.29. The molecular weight excluding hydrogens is 399 g/mol. The molecule has 0 aromatic carbocycles. The zero-order valence-electron chi connectivity index (χ0n) is 17.4. The molecule has 0 N–H and O–H groups in total. The summed E-state index contributed by atoms with van der Waals surface area (Å²) in [6, 6.07) is 2.40. The van der Waals surface area contributed by atoms with Crippen LogP contribution in [0.2, 0.25) is 0 Å². The van der Waals surface area contributed by atoms with Crippen LogP contribution in [0, 0.1) is 5.92 Å².